The number of hydrazine groups is 1. The Kier molecular flexibility index (Phi) is 5.52. The molecule has 1 aromatic carbocycles. The second-order valence-corrected chi connectivity index (χ2v) is 6.38. The average molecular weight is 299 g/mol. The minimum atomic E-state index is -3.57. The number of para-hydroxylation sites is 1. The number of carbonyl (C=O) groups is 1. The molecule has 0 aliphatic heterocycles. The van der Waals surface area contributed by atoms with E-state index in [1.54, 1.807) is 0 Å². The summed E-state index contributed by atoms with van der Waals surface area (Å²) in [5, 5.41) is 0. The zero-order valence-electron chi connectivity index (χ0n) is 12.0. The maximum absolute atomic E-state index is 12.0. The lowest BCUT2D eigenvalue weighted by molar-refractivity contribution is -0.119. The molecular formula is C13H21N3O3S. The van der Waals surface area contributed by atoms with E-state index < -0.39 is 15.9 Å². The van der Waals surface area contributed by atoms with Crippen molar-refractivity contribution >= 4 is 21.6 Å². The van der Waals surface area contributed by atoms with Crippen molar-refractivity contribution in [2.75, 3.05) is 17.1 Å². The van der Waals surface area contributed by atoms with Gasteiger partial charge in [0.15, 0.2) is 0 Å². The van der Waals surface area contributed by atoms with Crippen LogP contribution in [0.1, 0.15) is 25.0 Å². The van der Waals surface area contributed by atoms with E-state index in [0.717, 1.165) is 21.7 Å². The van der Waals surface area contributed by atoms with Crippen LogP contribution in [0.15, 0.2) is 18.2 Å². The lowest BCUT2D eigenvalue weighted by atomic mass is 10.0. The zero-order valence-corrected chi connectivity index (χ0v) is 12.8. The van der Waals surface area contributed by atoms with E-state index in [9.17, 15) is 13.2 Å². The van der Waals surface area contributed by atoms with Crippen molar-refractivity contribution in [3.63, 3.8) is 0 Å². The van der Waals surface area contributed by atoms with Gasteiger partial charge in [-0.25, -0.2) is 14.3 Å². The van der Waals surface area contributed by atoms with Gasteiger partial charge in [-0.15, -0.1) is 0 Å². The van der Waals surface area contributed by atoms with Gasteiger partial charge >= 0.3 is 0 Å². The van der Waals surface area contributed by atoms with Gasteiger partial charge < -0.3 is 0 Å². The quantitative estimate of drug-likeness (QED) is 0.456. The summed E-state index contributed by atoms with van der Waals surface area (Å²) in [6.45, 7) is 3.57. The topological polar surface area (TPSA) is 92.5 Å². The van der Waals surface area contributed by atoms with Crippen LogP contribution in [0.25, 0.3) is 0 Å². The molecule has 0 saturated carbocycles. The van der Waals surface area contributed by atoms with Crippen LogP contribution in [0.2, 0.25) is 0 Å². The van der Waals surface area contributed by atoms with Gasteiger partial charge in [-0.2, -0.15) is 0 Å². The molecule has 0 atom stereocenters. The molecule has 0 unspecified atom stereocenters. The number of nitrogens with one attached hydrogen (secondary N) is 1. The Morgan fingerprint density at radius 3 is 2.10 bits per heavy atom. The molecule has 3 N–H and O–H groups in total. The van der Waals surface area contributed by atoms with E-state index in [-0.39, 0.29) is 6.54 Å². The molecule has 0 radical (unpaired) electrons. The highest BCUT2D eigenvalue weighted by atomic mass is 32.2. The van der Waals surface area contributed by atoms with Crippen molar-refractivity contribution in [2.45, 2.75) is 26.7 Å². The van der Waals surface area contributed by atoms with Crippen molar-refractivity contribution in [1.29, 1.82) is 0 Å². The van der Waals surface area contributed by atoms with Crippen molar-refractivity contribution in [3.05, 3.63) is 29.3 Å². The monoisotopic (exact) mass is 299 g/mol. The van der Waals surface area contributed by atoms with Gasteiger partial charge in [-0.3, -0.25) is 14.5 Å². The minimum Gasteiger partial charge on any atom is -0.293 e. The van der Waals surface area contributed by atoms with Crippen LogP contribution in [0.3, 0.4) is 0 Å². The second kappa shape index (κ2) is 6.71. The van der Waals surface area contributed by atoms with Gasteiger partial charge in [-0.1, -0.05) is 32.0 Å². The zero-order chi connectivity index (χ0) is 15.3. The fourth-order valence-electron chi connectivity index (χ4n) is 2.07. The summed E-state index contributed by atoms with van der Waals surface area (Å²) in [6.07, 6.45) is 2.45. The van der Waals surface area contributed by atoms with Crippen LogP contribution in [0.4, 0.5) is 5.69 Å². The summed E-state index contributed by atoms with van der Waals surface area (Å²) in [7, 11) is -3.57. The second-order valence-electron chi connectivity index (χ2n) is 4.47. The standard InChI is InChI=1S/C13H21N3O3S/c1-4-10-7-6-8-11(5-2)13(10)16(20(3,18)19)9-12(17)15-14/h6-8H,4-5,9,14H2,1-3H3,(H,15,17). The molecule has 1 amide bonds. The first kappa shape index (κ1) is 16.5. The third-order valence-electron chi connectivity index (χ3n) is 3.06. The van der Waals surface area contributed by atoms with Crippen LogP contribution >= 0.6 is 0 Å². The predicted octanol–water partition coefficient (Wildman–Crippen LogP) is 0.567. The van der Waals surface area contributed by atoms with Gasteiger partial charge in [0.25, 0.3) is 5.91 Å². The van der Waals surface area contributed by atoms with E-state index in [4.69, 9.17) is 5.84 Å². The Morgan fingerprint density at radius 2 is 1.75 bits per heavy atom. The molecular weight excluding hydrogens is 278 g/mol. The maximum atomic E-state index is 12.0. The summed E-state index contributed by atoms with van der Waals surface area (Å²) in [5.74, 6) is 4.51. The van der Waals surface area contributed by atoms with Crippen LogP contribution in [-0.4, -0.2) is 27.1 Å². The van der Waals surface area contributed by atoms with E-state index in [2.05, 4.69) is 0 Å². The number of hydrogen-bond acceptors (Lipinski definition) is 4. The molecule has 0 fully saturated rings. The number of benzene rings is 1. The molecule has 1 aromatic rings. The smallest absolute Gasteiger partial charge is 0.254 e. The fraction of sp³-hybridized carbons (Fsp3) is 0.462. The number of carbonyl (C=O) groups excluding carboxylic acids is 1. The summed E-state index contributed by atoms with van der Waals surface area (Å²) in [4.78, 5) is 11.5. The minimum absolute atomic E-state index is 0.320. The first-order chi connectivity index (χ1) is 9.35. The van der Waals surface area contributed by atoms with Crippen LogP contribution in [-0.2, 0) is 27.7 Å². The molecule has 0 spiro atoms. The van der Waals surface area contributed by atoms with Crippen molar-refractivity contribution in [2.24, 2.45) is 5.84 Å². The summed E-state index contributed by atoms with van der Waals surface area (Å²) in [6, 6.07) is 5.63. The number of rotatable bonds is 6. The van der Waals surface area contributed by atoms with E-state index >= 15 is 0 Å². The Balaban J connectivity index is 3.44. The Morgan fingerprint density at radius 1 is 1.25 bits per heavy atom. The lowest BCUT2D eigenvalue weighted by Gasteiger charge is -2.26. The number of aryl methyl sites for hydroxylation is 2. The first-order valence-corrected chi connectivity index (χ1v) is 8.27. The van der Waals surface area contributed by atoms with E-state index in [1.165, 1.54) is 0 Å². The molecule has 0 saturated heterocycles. The van der Waals surface area contributed by atoms with Crippen molar-refractivity contribution in [1.82, 2.24) is 5.43 Å². The van der Waals surface area contributed by atoms with E-state index in [0.29, 0.717) is 18.5 Å². The fourth-order valence-corrected chi connectivity index (χ4v) is 2.99. The average Bonchev–Trinajstić information content (AvgIpc) is 2.42. The summed E-state index contributed by atoms with van der Waals surface area (Å²) >= 11 is 0. The van der Waals surface area contributed by atoms with Gasteiger partial charge in [0.2, 0.25) is 10.0 Å². The van der Waals surface area contributed by atoms with Gasteiger partial charge in [-0.05, 0) is 24.0 Å². The lowest BCUT2D eigenvalue weighted by Crippen LogP contribution is -2.43. The normalized spacial score (nSPS) is 11.2. The van der Waals surface area contributed by atoms with Crippen molar-refractivity contribution < 1.29 is 13.2 Å². The third-order valence-corrected chi connectivity index (χ3v) is 4.18. The Labute approximate surface area is 120 Å². The number of amides is 1. The van der Waals surface area contributed by atoms with Gasteiger partial charge in [0.05, 0.1) is 11.9 Å². The maximum Gasteiger partial charge on any atom is 0.254 e. The Bertz CT molecular complexity index is 562. The summed E-state index contributed by atoms with van der Waals surface area (Å²) in [5.41, 5.74) is 4.33. The molecule has 7 heteroatoms. The number of nitrogens with two attached hydrogens (primary N) is 1. The number of anilines is 1. The highest BCUT2D eigenvalue weighted by Crippen LogP contribution is 2.28. The number of hydrogen-bond donors (Lipinski definition) is 2. The van der Waals surface area contributed by atoms with E-state index in [1.807, 2.05) is 37.5 Å². The van der Waals surface area contributed by atoms with Crippen LogP contribution in [0, 0.1) is 0 Å². The molecule has 6 nitrogen and oxygen atoms in total. The van der Waals surface area contributed by atoms with Crippen molar-refractivity contribution in [3.8, 4) is 0 Å². The molecule has 0 aliphatic rings. The molecule has 1 rings (SSSR count). The van der Waals surface area contributed by atoms with Crippen LogP contribution < -0.4 is 15.6 Å². The SMILES string of the molecule is CCc1cccc(CC)c1N(CC(=O)NN)S(C)(=O)=O. The molecule has 20 heavy (non-hydrogen) atoms. The highest BCUT2D eigenvalue weighted by molar-refractivity contribution is 7.92. The van der Waals surface area contributed by atoms with Crippen LogP contribution in [0.5, 0.6) is 0 Å². The Hall–Kier alpha value is -1.60. The molecule has 0 heterocycles. The largest absolute Gasteiger partial charge is 0.293 e. The number of sulfonamides is 1. The molecule has 112 valence electrons. The van der Waals surface area contributed by atoms with Gasteiger partial charge in [0, 0.05) is 0 Å². The first-order valence-electron chi connectivity index (χ1n) is 6.43. The predicted molar refractivity (Wildman–Crippen MR) is 79.7 cm³/mol. The summed E-state index contributed by atoms with van der Waals surface area (Å²) < 4.78 is 25.2. The van der Waals surface area contributed by atoms with Gasteiger partial charge in [0.1, 0.15) is 6.54 Å². The molecule has 0 bridgehead atoms. The number of nitrogens with zero attached hydrogens (tertiary/aromatic N) is 1. The molecule has 0 aliphatic carbocycles. The molecule has 0 aromatic heterocycles. The highest BCUT2D eigenvalue weighted by Gasteiger charge is 2.24. The third kappa shape index (κ3) is 3.71.